The highest BCUT2D eigenvalue weighted by Crippen LogP contribution is 2.29. The van der Waals surface area contributed by atoms with E-state index in [1.165, 1.54) is 7.11 Å². The van der Waals surface area contributed by atoms with Crippen molar-refractivity contribution in [1.29, 1.82) is 0 Å². The van der Waals surface area contributed by atoms with Gasteiger partial charge in [0, 0.05) is 17.7 Å². The Morgan fingerprint density at radius 2 is 1.79 bits per heavy atom. The number of carbonyl (C=O) groups excluding carboxylic acids is 2. The van der Waals surface area contributed by atoms with E-state index in [-0.39, 0.29) is 23.8 Å². The van der Waals surface area contributed by atoms with Crippen molar-refractivity contribution in [3.63, 3.8) is 0 Å². The highest BCUT2D eigenvalue weighted by atomic mass is 16.5. The Balaban J connectivity index is 1.52. The molecule has 1 aliphatic rings. The molecule has 2 aromatic carbocycles. The van der Waals surface area contributed by atoms with Crippen molar-refractivity contribution in [3.05, 3.63) is 77.7 Å². The number of H-pyrrole nitrogens is 1. The van der Waals surface area contributed by atoms with E-state index in [9.17, 15) is 9.59 Å². The van der Waals surface area contributed by atoms with Crippen LogP contribution in [-0.2, 0) is 16.0 Å². The fraction of sp³-hybridized carbons (Fsp3) is 0.370. The van der Waals surface area contributed by atoms with E-state index in [0.29, 0.717) is 30.3 Å². The Kier molecular flexibility index (Phi) is 7.75. The van der Waals surface area contributed by atoms with E-state index in [1.807, 2.05) is 36.5 Å². The summed E-state index contributed by atoms with van der Waals surface area (Å²) in [6.07, 6.45) is 6.23. The fourth-order valence-corrected chi connectivity index (χ4v) is 4.57. The zero-order chi connectivity index (χ0) is 23.9. The predicted octanol–water partition coefficient (Wildman–Crippen LogP) is 4.03. The van der Waals surface area contributed by atoms with E-state index in [4.69, 9.17) is 15.5 Å². The first-order valence-electron chi connectivity index (χ1n) is 11.9. The van der Waals surface area contributed by atoms with E-state index >= 15 is 0 Å². The third-order valence-corrected chi connectivity index (χ3v) is 6.68. The molecule has 0 saturated heterocycles. The second-order valence-corrected chi connectivity index (χ2v) is 8.94. The summed E-state index contributed by atoms with van der Waals surface area (Å²) in [4.78, 5) is 32.9. The largest absolute Gasteiger partial charge is 0.465 e. The summed E-state index contributed by atoms with van der Waals surface area (Å²) in [5.74, 6) is 0.959. The van der Waals surface area contributed by atoms with Gasteiger partial charge < -0.3 is 20.8 Å². The molecule has 4 rings (SSSR count). The van der Waals surface area contributed by atoms with Crippen LogP contribution in [0.25, 0.3) is 11.3 Å². The third kappa shape index (κ3) is 5.72. The Hall–Kier alpha value is -3.45. The number of rotatable bonds is 8. The molecule has 1 aromatic heterocycles. The molecule has 1 heterocycles. The quantitative estimate of drug-likeness (QED) is 0.440. The number of imidazole rings is 1. The molecule has 4 N–H and O–H groups in total. The van der Waals surface area contributed by atoms with Crippen LogP contribution in [0.4, 0.5) is 0 Å². The molecule has 0 bridgehead atoms. The van der Waals surface area contributed by atoms with Gasteiger partial charge in [-0.15, -0.1) is 0 Å². The van der Waals surface area contributed by atoms with E-state index in [2.05, 4.69) is 22.4 Å². The van der Waals surface area contributed by atoms with Gasteiger partial charge in [0.05, 0.1) is 24.4 Å². The second-order valence-electron chi connectivity index (χ2n) is 8.94. The summed E-state index contributed by atoms with van der Waals surface area (Å²) < 4.78 is 4.77. The van der Waals surface area contributed by atoms with Crippen molar-refractivity contribution in [2.24, 2.45) is 17.6 Å². The third-order valence-electron chi connectivity index (χ3n) is 6.68. The van der Waals surface area contributed by atoms with Crippen LogP contribution < -0.4 is 11.1 Å². The van der Waals surface area contributed by atoms with Crippen molar-refractivity contribution in [3.8, 4) is 11.3 Å². The van der Waals surface area contributed by atoms with Gasteiger partial charge in [-0.25, -0.2) is 9.78 Å². The van der Waals surface area contributed by atoms with Crippen molar-refractivity contribution in [1.82, 2.24) is 15.3 Å². The maximum Gasteiger partial charge on any atom is 0.337 e. The maximum absolute atomic E-state index is 13.1. The molecule has 3 aromatic rings. The number of amides is 1. The van der Waals surface area contributed by atoms with Gasteiger partial charge in [-0.05, 0) is 62.3 Å². The van der Waals surface area contributed by atoms with Crippen LogP contribution in [0.3, 0.4) is 0 Å². The molecule has 1 aliphatic carbocycles. The summed E-state index contributed by atoms with van der Waals surface area (Å²) in [6.45, 7) is 0.695. The van der Waals surface area contributed by atoms with Crippen LogP contribution in [-0.4, -0.2) is 35.5 Å². The average molecular weight is 461 g/mol. The molecule has 34 heavy (non-hydrogen) atoms. The van der Waals surface area contributed by atoms with Crippen LogP contribution in [0.15, 0.2) is 60.8 Å². The number of ether oxygens (including phenoxy) is 1. The van der Waals surface area contributed by atoms with E-state index < -0.39 is 0 Å². The Labute approximate surface area is 200 Å². The zero-order valence-corrected chi connectivity index (χ0v) is 19.5. The number of benzene rings is 2. The number of aromatic amines is 1. The molecular weight excluding hydrogens is 428 g/mol. The molecule has 7 heteroatoms. The molecule has 1 atom stereocenters. The Morgan fingerprint density at radius 3 is 2.44 bits per heavy atom. The number of hydrogen-bond acceptors (Lipinski definition) is 5. The topological polar surface area (TPSA) is 110 Å². The van der Waals surface area contributed by atoms with Gasteiger partial charge in [-0.2, -0.15) is 0 Å². The molecule has 1 fully saturated rings. The van der Waals surface area contributed by atoms with Gasteiger partial charge in [0.2, 0.25) is 5.91 Å². The van der Waals surface area contributed by atoms with Gasteiger partial charge in [0.1, 0.15) is 5.82 Å². The number of hydrogen-bond donors (Lipinski definition) is 3. The summed E-state index contributed by atoms with van der Waals surface area (Å²) in [5.41, 5.74) is 9.05. The number of nitrogens with two attached hydrogens (primary N) is 1. The lowest BCUT2D eigenvalue weighted by atomic mass is 9.81. The number of esters is 1. The summed E-state index contributed by atoms with van der Waals surface area (Å²) >= 11 is 0. The molecule has 7 nitrogen and oxygen atoms in total. The van der Waals surface area contributed by atoms with Crippen LogP contribution in [0.5, 0.6) is 0 Å². The zero-order valence-electron chi connectivity index (χ0n) is 19.5. The lowest BCUT2D eigenvalue weighted by Gasteiger charge is -2.28. The normalized spacial score (nSPS) is 18.8. The maximum atomic E-state index is 13.1. The minimum absolute atomic E-state index is 0.0152. The Bertz CT molecular complexity index is 1090. The lowest BCUT2D eigenvalue weighted by Crippen LogP contribution is -2.37. The monoisotopic (exact) mass is 460 g/mol. The highest BCUT2D eigenvalue weighted by molar-refractivity contribution is 5.89. The molecule has 1 amide bonds. The first-order chi connectivity index (χ1) is 16.6. The van der Waals surface area contributed by atoms with Crippen molar-refractivity contribution in [2.45, 2.75) is 38.1 Å². The molecule has 178 valence electrons. The van der Waals surface area contributed by atoms with E-state index in [0.717, 1.165) is 42.5 Å². The number of nitrogens with zero attached hydrogens (tertiary/aromatic N) is 1. The molecule has 1 saturated carbocycles. The molecule has 0 spiro atoms. The number of aromatic nitrogens is 2. The number of methoxy groups -OCH3 is 1. The molecule has 0 aliphatic heterocycles. The van der Waals surface area contributed by atoms with Gasteiger partial charge in [-0.3, -0.25) is 4.79 Å². The fourth-order valence-electron chi connectivity index (χ4n) is 4.57. The van der Waals surface area contributed by atoms with Crippen LogP contribution in [0.1, 0.15) is 53.5 Å². The van der Waals surface area contributed by atoms with Crippen LogP contribution in [0.2, 0.25) is 0 Å². The summed E-state index contributed by atoms with van der Waals surface area (Å²) in [5, 5.41) is 3.26. The average Bonchev–Trinajstić information content (AvgIpc) is 3.39. The molecule has 0 unspecified atom stereocenters. The van der Waals surface area contributed by atoms with E-state index in [1.54, 1.807) is 12.1 Å². The first kappa shape index (κ1) is 23.7. The number of nitrogens with one attached hydrogen (secondary N) is 2. The van der Waals surface area contributed by atoms with Gasteiger partial charge in [0.25, 0.3) is 0 Å². The second kappa shape index (κ2) is 11.1. The SMILES string of the molecule is COC(=O)c1ccc(-c2c[nH]c([C@H](Cc3ccccc3)NC(=O)C3CCC(CN)CC3)n2)cc1. The summed E-state index contributed by atoms with van der Waals surface area (Å²) in [7, 11) is 1.36. The van der Waals surface area contributed by atoms with Crippen LogP contribution in [0, 0.1) is 11.8 Å². The Morgan fingerprint density at radius 1 is 1.09 bits per heavy atom. The van der Waals surface area contributed by atoms with Crippen molar-refractivity contribution >= 4 is 11.9 Å². The summed E-state index contributed by atoms with van der Waals surface area (Å²) in [6, 6.07) is 16.9. The molecular formula is C27H32N4O3. The van der Waals surface area contributed by atoms with Gasteiger partial charge in [0.15, 0.2) is 0 Å². The highest BCUT2D eigenvalue weighted by Gasteiger charge is 2.28. The molecule has 0 radical (unpaired) electrons. The number of carbonyl (C=O) groups is 2. The minimum atomic E-state index is -0.375. The van der Waals surface area contributed by atoms with Crippen molar-refractivity contribution < 1.29 is 14.3 Å². The van der Waals surface area contributed by atoms with Crippen molar-refractivity contribution in [2.75, 3.05) is 13.7 Å². The first-order valence-corrected chi connectivity index (χ1v) is 11.9. The standard InChI is InChI=1S/C27H32N4O3/c1-34-27(33)22-13-11-20(12-14-22)24-17-29-25(30-24)23(15-18-5-3-2-4-6-18)31-26(32)21-9-7-19(16-28)8-10-21/h2-6,11-14,17,19,21,23H,7-10,15-16,28H2,1H3,(H,29,30)(H,31,32)/t19?,21?,23-/m0/s1. The van der Waals surface area contributed by atoms with Crippen LogP contribution >= 0.6 is 0 Å². The minimum Gasteiger partial charge on any atom is -0.465 e. The lowest BCUT2D eigenvalue weighted by molar-refractivity contribution is -0.127. The van der Waals surface area contributed by atoms with Gasteiger partial charge >= 0.3 is 5.97 Å². The smallest absolute Gasteiger partial charge is 0.337 e. The predicted molar refractivity (Wildman–Crippen MR) is 131 cm³/mol. The van der Waals surface area contributed by atoms with Gasteiger partial charge in [-0.1, -0.05) is 42.5 Å².